The van der Waals surface area contributed by atoms with Crippen molar-refractivity contribution in [1.82, 2.24) is 5.32 Å². The second-order valence-corrected chi connectivity index (χ2v) is 8.26. The highest BCUT2D eigenvalue weighted by Crippen LogP contribution is 2.41. The summed E-state index contributed by atoms with van der Waals surface area (Å²) >= 11 is 0. The Hall–Kier alpha value is -1.27. The lowest BCUT2D eigenvalue weighted by atomic mass is 9.90. The lowest BCUT2D eigenvalue weighted by Crippen LogP contribution is -2.41. The van der Waals surface area contributed by atoms with Crippen molar-refractivity contribution in [2.24, 2.45) is 0 Å². The molecule has 1 aliphatic heterocycles. The molecule has 6 heteroatoms. The van der Waals surface area contributed by atoms with Gasteiger partial charge in [0.15, 0.2) is 9.84 Å². The molecule has 0 radical (unpaired) electrons. The highest BCUT2D eigenvalue weighted by atomic mass is 32.2. The largest absolute Gasteiger partial charge is 0.497 e. The first-order valence-corrected chi connectivity index (χ1v) is 8.89. The summed E-state index contributed by atoms with van der Waals surface area (Å²) < 4.78 is 34.6. The van der Waals surface area contributed by atoms with Gasteiger partial charge in [-0.15, -0.1) is 0 Å². The maximum absolute atomic E-state index is 11.7. The number of hydrogen-bond donors (Lipinski definition) is 1. The third kappa shape index (κ3) is 3.89. The van der Waals surface area contributed by atoms with E-state index in [2.05, 4.69) is 5.32 Å². The van der Waals surface area contributed by atoms with Gasteiger partial charge >= 0.3 is 0 Å². The number of sulfone groups is 1. The van der Waals surface area contributed by atoms with Crippen molar-refractivity contribution in [3.63, 3.8) is 0 Å². The molecule has 0 aromatic heterocycles. The number of rotatable bonds is 5. The molecule has 0 fully saturated rings. The van der Waals surface area contributed by atoms with Gasteiger partial charge < -0.3 is 9.47 Å². The Labute approximate surface area is 126 Å². The highest BCUT2D eigenvalue weighted by Gasteiger charge is 2.34. The van der Waals surface area contributed by atoms with Crippen molar-refractivity contribution >= 4 is 9.84 Å². The summed E-state index contributed by atoms with van der Waals surface area (Å²) in [7, 11) is -1.45. The molecule has 1 heterocycles. The van der Waals surface area contributed by atoms with Gasteiger partial charge in [-0.3, -0.25) is 5.32 Å². The van der Waals surface area contributed by atoms with Gasteiger partial charge in [0.2, 0.25) is 0 Å². The van der Waals surface area contributed by atoms with Gasteiger partial charge in [-0.2, -0.15) is 0 Å². The molecule has 5 nitrogen and oxygen atoms in total. The Morgan fingerprint density at radius 2 is 2.14 bits per heavy atom. The lowest BCUT2D eigenvalue weighted by Gasteiger charge is -2.38. The smallest absolute Gasteiger partial charge is 0.162 e. The van der Waals surface area contributed by atoms with Crippen molar-refractivity contribution < 1.29 is 17.9 Å². The van der Waals surface area contributed by atoms with Gasteiger partial charge in [0.1, 0.15) is 17.1 Å². The predicted molar refractivity (Wildman–Crippen MR) is 82.5 cm³/mol. The SMILES string of the molecule is CCS(=O)(=O)CNC1CC(C)(C)Oc2ccc(OC)cc21. The molecule has 1 N–H and O–H groups in total. The molecule has 0 saturated carbocycles. The number of nitrogens with one attached hydrogen (secondary N) is 1. The van der Waals surface area contributed by atoms with E-state index in [9.17, 15) is 8.42 Å². The average molecular weight is 313 g/mol. The quantitative estimate of drug-likeness (QED) is 0.903. The van der Waals surface area contributed by atoms with E-state index in [0.717, 1.165) is 17.1 Å². The molecular weight excluding hydrogens is 290 g/mol. The van der Waals surface area contributed by atoms with Crippen LogP contribution in [0.3, 0.4) is 0 Å². The summed E-state index contributed by atoms with van der Waals surface area (Å²) in [6.45, 7) is 5.66. The highest BCUT2D eigenvalue weighted by molar-refractivity contribution is 7.91. The fourth-order valence-corrected chi connectivity index (χ4v) is 3.13. The Bertz CT molecular complexity index is 610. The summed E-state index contributed by atoms with van der Waals surface area (Å²) in [6, 6.07) is 5.55. The van der Waals surface area contributed by atoms with E-state index in [-0.39, 0.29) is 23.3 Å². The van der Waals surface area contributed by atoms with Crippen molar-refractivity contribution in [2.75, 3.05) is 18.7 Å². The number of hydrogen-bond acceptors (Lipinski definition) is 5. The monoisotopic (exact) mass is 313 g/mol. The van der Waals surface area contributed by atoms with Gasteiger partial charge in [-0.25, -0.2) is 8.42 Å². The summed E-state index contributed by atoms with van der Waals surface area (Å²) in [4.78, 5) is 0. The predicted octanol–water partition coefficient (Wildman–Crippen LogP) is 2.28. The van der Waals surface area contributed by atoms with E-state index >= 15 is 0 Å². The number of benzene rings is 1. The van der Waals surface area contributed by atoms with Crippen molar-refractivity contribution in [2.45, 2.75) is 38.8 Å². The van der Waals surface area contributed by atoms with Crippen molar-refractivity contribution in [3.05, 3.63) is 23.8 Å². The molecule has 0 bridgehead atoms. The molecule has 2 rings (SSSR count). The topological polar surface area (TPSA) is 64.6 Å². The van der Waals surface area contributed by atoms with Gasteiger partial charge in [0, 0.05) is 23.8 Å². The molecule has 1 unspecified atom stereocenters. The number of fused-ring (bicyclic) bond motifs is 1. The van der Waals surface area contributed by atoms with E-state index < -0.39 is 9.84 Å². The fourth-order valence-electron chi connectivity index (χ4n) is 2.47. The van der Waals surface area contributed by atoms with Gasteiger partial charge in [-0.1, -0.05) is 6.92 Å². The van der Waals surface area contributed by atoms with Crippen LogP contribution in [0, 0.1) is 0 Å². The van der Waals surface area contributed by atoms with Crippen LogP contribution in [-0.4, -0.2) is 32.8 Å². The Morgan fingerprint density at radius 1 is 1.43 bits per heavy atom. The van der Waals surface area contributed by atoms with Crippen LogP contribution in [0.25, 0.3) is 0 Å². The van der Waals surface area contributed by atoms with Gasteiger partial charge in [-0.05, 0) is 32.0 Å². The molecule has 0 saturated heterocycles. The zero-order valence-electron chi connectivity index (χ0n) is 13.0. The first kappa shape index (κ1) is 16.1. The van der Waals surface area contributed by atoms with Gasteiger partial charge in [0.05, 0.1) is 13.0 Å². The Kier molecular flexibility index (Phi) is 4.49. The van der Waals surface area contributed by atoms with E-state index in [1.54, 1.807) is 14.0 Å². The van der Waals surface area contributed by atoms with Gasteiger partial charge in [0.25, 0.3) is 0 Å². The molecule has 1 atom stereocenters. The third-order valence-corrected chi connectivity index (χ3v) is 5.15. The normalized spacial score (nSPS) is 20.5. The third-order valence-electron chi connectivity index (χ3n) is 3.66. The molecule has 0 spiro atoms. The van der Waals surface area contributed by atoms with Crippen molar-refractivity contribution in [3.8, 4) is 11.5 Å². The first-order valence-electron chi connectivity index (χ1n) is 7.07. The molecule has 118 valence electrons. The minimum Gasteiger partial charge on any atom is -0.497 e. The van der Waals surface area contributed by atoms with Crippen LogP contribution >= 0.6 is 0 Å². The molecule has 0 aliphatic carbocycles. The Morgan fingerprint density at radius 3 is 2.76 bits per heavy atom. The first-order chi connectivity index (χ1) is 9.76. The zero-order chi connectivity index (χ0) is 15.7. The number of methoxy groups -OCH3 is 1. The van der Waals surface area contributed by atoms with Crippen LogP contribution in [0.5, 0.6) is 11.5 Å². The van der Waals surface area contributed by atoms with Crippen LogP contribution in [0.4, 0.5) is 0 Å². The standard InChI is InChI=1S/C15H23NO4S/c1-5-21(17,18)10-16-13-9-15(2,3)20-14-7-6-11(19-4)8-12(13)14/h6-8,13,16H,5,9-10H2,1-4H3. The van der Waals surface area contributed by atoms with E-state index in [0.29, 0.717) is 6.42 Å². The van der Waals surface area contributed by atoms with E-state index in [1.165, 1.54) is 0 Å². The van der Waals surface area contributed by atoms with E-state index in [4.69, 9.17) is 9.47 Å². The summed E-state index contributed by atoms with van der Waals surface area (Å²) in [5, 5.41) is 3.15. The summed E-state index contributed by atoms with van der Waals surface area (Å²) in [6.07, 6.45) is 0.701. The Balaban J connectivity index is 2.29. The molecule has 1 aromatic rings. The second-order valence-electron chi connectivity index (χ2n) is 5.90. The lowest BCUT2D eigenvalue weighted by molar-refractivity contribution is 0.0669. The average Bonchev–Trinajstić information content (AvgIpc) is 2.43. The maximum Gasteiger partial charge on any atom is 0.162 e. The summed E-state index contributed by atoms with van der Waals surface area (Å²) in [5.41, 5.74) is 0.606. The molecule has 1 aliphatic rings. The van der Waals surface area contributed by atoms with Crippen LogP contribution < -0.4 is 14.8 Å². The minimum atomic E-state index is -3.06. The van der Waals surface area contributed by atoms with Crippen LogP contribution in [0.15, 0.2) is 18.2 Å². The minimum absolute atomic E-state index is 0.0269. The van der Waals surface area contributed by atoms with Crippen LogP contribution in [0.1, 0.15) is 38.8 Å². The molecular formula is C15H23NO4S. The maximum atomic E-state index is 11.7. The second kappa shape index (κ2) is 5.85. The van der Waals surface area contributed by atoms with Crippen LogP contribution in [0.2, 0.25) is 0 Å². The zero-order valence-corrected chi connectivity index (χ0v) is 13.8. The molecule has 0 amide bonds. The fraction of sp³-hybridized carbons (Fsp3) is 0.600. The van der Waals surface area contributed by atoms with E-state index in [1.807, 2.05) is 32.0 Å². The van der Waals surface area contributed by atoms with Crippen LogP contribution in [-0.2, 0) is 9.84 Å². The van der Waals surface area contributed by atoms with Crippen molar-refractivity contribution in [1.29, 1.82) is 0 Å². The molecule has 21 heavy (non-hydrogen) atoms. The molecule has 1 aromatic carbocycles. The number of ether oxygens (including phenoxy) is 2. The summed E-state index contributed by atoms with van der Waals surface area (Å²) in [5.74, 6) is 1.62.